The summed E-state index contributed by atoms with van der Waals surface area (Å²) < 4.78 is 5.78. The van der Waals surface area contributed by atoms with Crippen LogP contribution in [0.3, 0.4) is 0 Å². The van der Waals surface area contributed by atoms with Gasteiger partial charge in [0.1, 0.15) is 18.1 Å². The van der Waals surface area contributed by atoms with E-state index in [1.807, 2.05) is 37.3 Å². The fourth-order valence-corrected chi connectivity index (χ4v) is 4.94. The first-order chi connectivity index (χ1) is 18.0. The second kappa shape index (κ2) is 13.5. The van der Waals surface area contributed by atoms with Gasteiger partial charge in [-0.25, -0.2) is 0 Å². The monoisotopic (exact) mass is 521 g/mol. The van der Waals surface area contributed by atoms with Crippen LogP contribution < -0.4 is 0 Å². The molecule has 0 atom stereocenters. The molecule has 2 heterocycles. The Bertz CT molecular complexity index is 1160. The third kappa shape index (κ3) is 7.94. The fraction of sp³-hybridized carbons (Fsp3) is 0.400. The Balaban J connectivity index is 1.50. The zero-order valence-corrected chi connectivity index (χ0v) is 22.3. The Labute approximate surface area is 224 Å². The molecule has 37 heavy (non-hydrogen) atoms. The van der Waals surface area contributed by atoms with Crippen LogP contribution in [0.5, 0.6) is 0 Å². The molecule has 2 aromatic carbocycles. The minimum absolute atomic E-state index is 0.00756. The van der Waals surface area contributed by atoms with Gasteiger partial charge in [-0.3, -0.25) is 9.59 Å². The molecule has 2 amide bonds. The summed E-state index contributed by atoms with van der Waals surface area (Å²) in [4.78, 5) is 33.1. The van der Waals surface area contributed by atoms with Crippen molar-refractivity contribution in [3.63, 3.8) is 0 Å². The van der Waals surface area contributed by atoms with Gasteiger partial charge in [-0.05, 0) is 69.1 Å². The van der Waals surface area contributed by atoms with Gasteiger partial charge in [0.25, 0.3) is 5.91 Å². The summed E-state index contributed by atoms with van der Waals surface area (Å²) in [7, 11) is 0. The van der Waals surface area contributed by atoms with Crippen molar-refractivity contribution in [1.82, 2.24) is 14.7 Å². The Morgan fingerprint density at radius 3 is 2.32 bits per heavy atom. The van der Waals surface area contributed by atoms with Gasteiger partial charge in [-0.2, -0.15) is 0 Å². The molecule has 0 aliphatic carbocycles. The number of carbonyl (C=O) groups excluding carboxylic acids is 2. The Morgan fingerprint density at radius 2 is 1.62 bits per heavy atom. The molecule has 3 aromatic rings. The molecular weight excluding hydrogens is 486 g/mol. The van der Waals surface area contributed by atoms with E-state index in [9.17, 15) is 9.59 Å². The SMILES string of the molecule is Cc1ccc(CN(CCc2ccccc2)C(=O)CN(CCN2CCCCC2)C(=O)c2ccccc2Cl)o1. The van der Waals surface area contributed by atoms with Crippen LogP contribution in [0.2, 0.25) is 5.02 Å². The molecule has 0 unspecified atom stereocenters. The van der Waals surface area contributed by atoms with Crippen LogP contribution in [0.25, 0.3) is 0 Å². The third-order valence-corrected chi connectivity index (χ3v) is 7.19. The first-order valence-electron chi connectivity index (χ1n) is 13.1. The zero-order chi connectivity index (χ0) is 26.0. The average Bonchev–Trinajstić information content (AvgIpc) is 3.34. The van der Waals surface area contributed by atoms with Gasteiger partial charge in [0.05, 0.1) is 17.1 Å². The number of halogens is 1. The predicted octanol–water partition coefficient (Wildman–Crippen LogP) is 5.44. The number of amides is 2. The molecule has 1 aromatic heterocycles. The van der Waals surface area contributed by atoms with E-state index in [4.69, 9.17) is 16.0 Å². The number of likely N-dealkylation sites (tertiary alicyclic amines) is 1. The number of hydrogen-bond donors (Lipinski definition) is 0. The Kier molecular flexibility index (Phi) is 9.80. The number of rotatable bonds is 11. The number of piperidine rings is 1. The Morgan fingerprint density at radius 1 is 0.892 bits per heavy atom. The predicted molar refractivity (Wildman–Crippen MR) is 147 cm³/mol. The first-order valence-corrected chi connectivity index (χ1v) is 13.5. The number of aryl methyl sites for hydroxylation is 1. The topological polar surface area (TPSA) is 57.0 Å². The molecule has 1 saturated heterocycles. The van der Waals surface area contributed by atoms with Gasteiger partial charge < -0.3 is 19.1 Å². The van der Waals surface area contributed by atoms with Crippen LogP contribution in [-0.4, -0.2) is 65.8 Å². The summed E-state index contributed by atoms with van der Waals surface area (Å²) in [6.45, 7) is 6.05. The van der Waals surface area contributed by atoms with Crippen molar-refractivity contribution in [3.05, 3.63) is 94.4 Å². The molecule has 1 aliphatic heterocycles. The average molecular weight is 522 g/mol. The van der Waals surface area contributed by atoms with Crippen LogP contribution in [-0.2, 0) is 17.8 Å². The summed E-state index contributed by atoms with van der Waals surface area (Å²) in [6, 6.07) is 21.0. The smallest absolute Gasteiger partial charge is 0.255 e. The number of benzene rings is 2. The molecule has 0 N–H and O–H groups in total. The molecule has 0 radical (unpaired) electrons. The van der Waals surface area contributed by atoms with Crippen molar-refractivity contribution in [1.29, 1.82) is 0 Å². The molecule has 0 saturated carbocycles. The maximum Gasteiger partial charge on any atom is 0.255 e. The molecule has 1 fully saturated rings. The summed E-state index contributed by atoms with van der Waals surface area (Å²) in [5.74, 6) is 1.22. The van der Waals surface area contributed by atoms with Crippen molar-refractivity contribution < 1.29 is 14.0 Å². The van der Waals surface area contributed by atoms with E-state index in [0.717, 1.165) is 43.1 Å². The van der Waals surface area contributed by atoms with Crippen LogP contribution in [0, 0.1) is 6.92 Å². The Hall–Kier alpha value is -3.09. The van der Waals surface area contributed by atoms with Crippen molar-refractivity contribution in [2.45, 2.75) is 39.2 Å². The maximum absolute atomic E-state index is 13.7. The van der Waals surface area contributed by atoms with Gasteiger partial charge >= 0.3 is 0 Å². The molecule has 196 valence electrons. The number of carbonyl (C=O) groups is 2. The van der Waals surface area contributed by atoms with E-state index >= 15 is 0 Å². The number of hydrogen-bond acceptors (Lipinski definition) is 4. The van der Waals surface area contributed by atoms with Gasteiger partial charge in [-0.15, -0.1) is 0 Å². The lowest BCUT2D eigenvalue weighted by molar-refractivity contribution is -0.132. The van der Waals surface area contributed by atoms with Crippen LogP contribution in [0.1, 0.15) is 46.7 Å². The van der Waals surface area contributed by atoms with Crippen LogP contribution >= 0.6 is 11.6 Å². The highest BCUT2D eigenvalue weighted by atomic mass is 35.5. The summed E-state index contributed by atoms with van der Waals surface area (Å²) in [5, 5.41) is 0.398. The van der Waals surface area contributed by atoms with E-state index in [0.29, 0.717) is 30.2 Å². The van der Waals surface area contributed by atoms with Gasteiger partial charge in [0.15, 0.2) is 0 Å². The molecule has 0 bridgehead atoms. The quantitative estimate of drug-likeness (QED) is 0.337. The third-order valence-electron chi connectivity index (χ3n) is 6.86. The summed E-state index contributed by atoms with van der Waals surface area (Å²) in [5.41, 5.74) is 1.58. The summed E-state index contributed by atoms with van der Waals surface area (Å²) in [6.07, 6.45) is 4.32. The molecule has 6 nitrogen and oxygen atoms in total. The zero-order valence-electron chi connectivity index (χ0n) is 21.6. The number of nitrogens with zero attached hydrogens (tertiary/aromatic N) is 3. The lowest BCUT2D eigenvalue weighted by Gasteiger charge is -2.31. The van der Waals surface area contributed by atoms with E-state index < -0.39 is 0 Å². The lowest BCUT2D eigenvalue weighted by Crippen LogP contribution is -2.46. The minimum atomic E-state index is -0.215. The fourth-order valence-electron chi connectivity index (χ4n) is 4.72. The van der Waals surface area contributed by atoms with Gasteiger partial charge in [-0.1, -0.05) is 60.5 Å². The van der Waals surface area contributed by atoms with E-state index in [-0.39, 0.29) is 18.4 Å². The highest BCUT2D eigenvalue weighted by molar-refractivity contribution is 6.33. The highest BCUT2D eigenvalue weighted by Gasteiger charge is 2.25. The van der Waals surface area contributed by atoms with E-state index in [2.05, 4.69) is 17.0 Å². The lowest BCUT2D eigenvalue weighted by atomic mass is 10.1. The van der Waals surface area contributed by atoms with E-state index in [1.54, 1.807) is 34.1 Å². The van der Waals surface area contributed by atoms with Crippen molar-refractivity contribution in [3.8, 4) is 0 Å². The molecule has 0 spiro atoms. The largest absolute Gasteiger partial charge is 0.464 e. The van der Waals surface area contributed by atoms with Crippen molar-refractivity contribution in [2.75, 3.05) is 39.3 Å². The molecule has 7 heteroatoms. The second-order valence-electron chi connectivity index (χ2n) is 9.67. The molecular formula is C30H36ClN3O3. The van der Waals surface area contributed by atoms with E-state index in [1.165, 1.54) is 19.3 Å². The van der Waals surface area contributed by atoms with Crippen molar-refractivity contribution in [2.24, 2.45) is 0 Å². The summed E-state index contributed by atoms with van der Waals surface area (Å²) >= 11 is 6.37. The van der Waals surface area contributed by atoms with Gasteiger partial charge in [0, 0.05) is 19.6 Å². The molecule has 4 rings (SSSR count). The molecule has 1 aliphatic rings. The standard InChI is InChI=1S/C30H36ClN3O3/c1-24-14-15-26(37-24)22-33(19-16-25-10-4-2-5-11-25)29(35)23-34(21-20-32-17-8-3-9-18-32)30(36)27-12-6-7-13-28(27)31/h2,4-7,10-15H,3,8-9,16-23H2,1H3. The normalized spacial score (nSPS) is 13.9. The maximum atomic E-state index is 13.7. The number of furan rings is 1. The van der Waals surface area contributed by atoms with Gasteiger partial charge in [0.2, 0.25) is 5.91 Å². The minimum Gasteiger partial charge on any atom is -0.464 e. The second-order valence-corrected chi connectivity index (χ2v) is 10.1. The highest BCUT2D eigenvalue weighted by Crippen LogP contribution is 2.18. The first kappa shape index (κ1) is 27.0. The van der Waals surface area contributed by atoms with Crippen LogP contribution in [0.15, 0.2) is 71.1 Å². The van der Waals surface area contributed by atoms with Crippen LogP contribution in [0.4, 0.5) is 0 Å². The van der Waals surface area contributed by atoms with Crippen molar-refractivity contribution >= 4 is 23.4 Å².